The van der Waals surface area contributed by atoms with Crippen molar-refractivity contribution in [2.75, 3.05) is 0 Å². The maximum atomic E-state index is 11.0. The first kappa shape index (κ1) is 8.78. The minimum absolute atomic E-state index is 0.196. The highest BCUT2D eigenvalue weighted by Crippen LogP contribution is 2.31. The Hall–Kier alpha value is -0.310. The Morgan fingerprint density at radius 1 is 1.64 bits per heavy atom. The van der Waals surface area contributed by atoms with Gasteiger partial charge in [0.2, 0.25) is 0 Å². The second kappa shape index (κ2) is 3.39. The van der Waals surface area contributed by atoms with Gasteiger partial charge in [0.25, 0.3) is 0 Å². The molecule has 1 rings (SSSR count). The van der Waals surface area contributed by atoms with Crippen LogP contribution in [0.5, 0.6) is 0 Å². The SMILES string of the molecule is C=CC(=O)c1cc(Cl)sc1Cl. The van der Waals surface area contributed by atoms with E-state index in [1.807, 2.05) is 0 Å². The zero-order valence-electron chi connectivity index (χ0n) is 5.43. The van der Waals surface area contributed by atoms with E-state index in [1.54, 1.807) is 6.07 Å². The third kappa shape index (κ3) is 1.83. The molecule has 0 unspecified atom stereocenters. The van der Waals surface area contributed by atoms with Crippen LogP contribution in [0.15, 0.2) is 18.7 Å². The molecule has 1 aromatic heterocycles. The molecule has 0 aliphatic heterocycles. The molecule has 0 bridgehead atoms. The Kier molecular flexibility index (Phi) is 2.71. The number of carbonyl (C=O) groups is 1. The summed E-state index contributed by atoms with van der Waals surface area (Å²) in [6, 6.07) is 1.54. The van der Waals surface area contributed by atoms with Crippen molar-refractivity contribution in [3.8, 4) is 0 Å². The van der Waals surface area contributed by atoms with Crippen LogP contribution in [-0.4, -0.2) is 5.78 Å². The summed E-state index contributed by atoms with van der Waals surface area (Å²) in [4.78, 5) is 11.0. The Morgan fingerprint density at radius 2 is 2.27 bits per heavy atom. The number of hydrogen-bond donors (Lipinski definition) is 0. The van der Waals surface area contributed by atoms with E-state index in [0.717, 1.165) is 0 Å². The molecule has 0 aromatic carbocycles. The van der Waals surface area contributed by atoms with Crippen LogP contribution in [-0.2, 0) is 0 Å². The monoisotopic (exact) mass is 206 g/mol. The van der Waals surface area contributed by atoms with E-state index in [0.29, 0.717) is 14.2 Å². The van der Waals surface area contributed by atoms with Gasteiger partial charge in [-0.25, -0.2) is 0 Å². The highest BCUT2D eigenvalue weighted by Gasteiger charge is 2.10. The topological polar surface area (TPSA) is 17.1 Å². The largest absolute Gasteiger partial charge is 0.289 e. The van der Waals surface area contributed by atoms with Gasteiger partial charge in [0.05, 0.1) is 9.90 Å². The first-order valence-electron chi connectivity index (χ1n) is 2.76. The first-order chi connectivity index (χ1) is 5.15. The lowest BCUT2D eigenvalue weighted by molar-refractivity contribution is 0.104. The third-order valence-electron chi connectivity index (χ3n) is 1.11. The van der Waals surface area contributed by atoms with Gasteiger partial charge in [0, 0.05) is 0 Å². The second-order valence-corrected chi connectivity index (χ2v) is 4.09. The van der Waals surface area contributed by atoms with Gasteiger partial charge in [0.1, 0.15) is 4.34 Å². The van der Waals surface area contributed by atoms with Gasteiger partial charge >= 0.3 is 0 Å². The van der Waals surface area contributed by atoms with Crippen molar-refractivity contribution in [3.05, 3.63) is 33.0 Å². The summed E-state index contributed by atoms with van der Waals surface area (Å²) < 4.78 is 0.931. The standard InChI is InChI=1S/C7H4Cl2OS/c1-2-5(10)4-3-6(8)11-7(4)9/h2-3H,1H2. The molecule has 0 saturated heterocycles. The molecular weight excluding hydrogens is 203 g/mol. The van der Waals surface area contributed by atoms with Crippen LogP contribution in [0, 0.1) is 0 Å². The van der Waals surface area contributed by atoms with Gasteiger partial charge in [-0.1, -0.05) is 29.8 Å². The quantitative estimate of drug-likeness (QED) is 0.536. The van der Waals surface area contributed by atoms with Crippen molar-refractivity contribution >= 4 is 40.3 Å². The number of allylic oxidation sites excluding steroid dienone is 1. The Morgan fingerprint density at radius 3 is 2.64 bits per heavy atom. The molecule has 1 aromatic rings. The lowest BCUT2D eigenvalue weighted by Crippen LogP contribution is -1.89. The van der Waals surface area contributed by atoms with Gasteiger partial charge in [0.15, 0.2) is 5.78 Å². The zero-order valence-corrected chi connectivity index (χ0v) is 7.76. The molecule has 0 spiro atoms. The van der Waals surface area contributed by atoms with E-state index in [-0.39, 0.29) is 5.78 Å². The van der Waals surface area contributed by atoms with Crippen molar-refractivity contribution < 1.29 is 4.79 Å². The summed E-state index contributed by atoms with van der Waals surface area (Å²) in [6.07, 6.45) is 1.21. The van der Waals surface area contributed by atoms with E-state index in [9.17, 15) is 4.79 Å². The molecule has 0 atom stereocenters. The Labute approximate surface area is 78.2 Å². The molecule has 0 amide bonds. The van der Waals surface area contributed by atoms with Gasteiger partial charge < -0.3 is 0 Å². The van der Waals surface area contributed by atoms with E-state index < -0.39 is 0 Å². The van der Waals surface area contributed by atoms with Crippen LogP contribution >= 0.6 is 34.5 Å². The van der Waals surface area contributed by atoms with Crippen molar-refractivity contribution in [2.24, 2.45) is 0 Å². The number of hydrogen-bond acceptors (Lipinski definition) is 2. The van der Waals surface area contributed by atoms with Gasteiger partial charge in [-0.15, -0.1) is 11.3 Å². The highest BCUT2D eigenvalue weighted by molar-refractivity contribution is 7.20. The minimum atomic E-state index is -0.196. The third-order valence-corrected chi connectivity index (χ3v) is 2.60. The van der Waals surface area contributed by atoms with Crippen LogP contribution in [0.2, 0.25) is 8.67 Å². The summed E-state index contributed by atoms with van der Waals surface area (Å²) in [6.45, 7) is 3.34. The number of ketones is 1. The molecule has 0 aliphatic rings. The fraction of sp³-hybridized carbons (Fsp3) is 0. The normalized spacial score (nSPS) is 9.64. The zero-order chi connectivity index (χ0) is 8.43. The number of rotatable bonds is 2. The van der Waals surface area contributed by atoms with Crippen LogP contribution in [0.3, 0.4) is 0 Å². The molecular formula is C7H4Cl2OS. The summed E-state index contributed by atoms with van der Waals surface area (Å²) in [5.74, 6) is -0.196. The van der Waals surface area contributed by atoms with Gasteiger partial charge in [-0.3, -0.25) is 4.79 Å². The first-order valence-corrected chi connectivity index (χ1v) is 4.34. The van der Waals surface area contributed by atoms with Crippen molar-refractivity contribution in [1.82, 2.24) is 0 Å². The number of thiophene rings is 1. The van der Waals surface area contributed by atoms with E-state index in [2.05, 4.69) is 6.58 Å². The molecule has 1 heterocycles. The maximum Gasteiger partial charge on any atom is 0.187 e. The van der Waals surface area contributed by atoms with Gasteiger partial charge in [-0.2, -0.15) is 0 Å². The fourth-order valence-corrected chi connectivity index (χ4v) is 2.09. The number of carbonyl (C=O) groups excluding carboxylic acids is 1. The molecule has 0 aliphatic carbocycles. The molecule has 58 valence electrons. The van der Waals surface area contributed by atoms with Crippen LogP contribution in [0.4, 0.5) is 0 Å². The van der Waals surface area contributed by atoms with Crippen LogP contribution in [0.25, 0.3) is 0 Å². The summed E-state index contributed by atoms with van der Waals surface area (Å²) >= 11 is 12.5. The minimum Gasteiger partial charge on any atom is -0.289 e. The Bertz CT molecular complexity index is 303. The highest BCUT2D eigenvalue weighted by atomic mass is 35.5. The average Bonchev–Trinajstić information content (AvgIpc) is 2.28. The summed E-state index contributed by atoms with van der Waals surface area (Å²) in [7, 11) is 0. The summed E-state index contributed by atoms with van der Waals surface area (Å²) in [5.41, 5.74) is 0.427. The molecule has 0 saturated carbocycles. The van der Waals surface area contributed by atoms with Crippen LogP contribution in [0.1, 0.15) is 10.4 Å². The predicted octanol–water partition coefficient (Wildman–Crippen LogP) is 3.42. The maximum absolute atomic E-state index is 11.0. The van der Waals surface area contributed by atoms with Gasteiger partial charge in [-0.05, 0) is 12.1 Å². The number of halogens is 2. The molecule has 11 heavy (non-hydrogen) atoms. The molecule has 0 N–H and O–H groups in total. The van der Waals surface area contributed by atoms with Crippen molar-refractivity contribution in [1.29, 1.82) is 0 Å². The van der Waals surface area contributed by atoms with Crippen LogP contribution < -0.4 is 0 Å². The molecule has 0 radical (unpaired) electrons. The van der Waals surface area contributed by atoms with Crippen molar-refractivity contribution in [2.45, 2.75) is 0 Å². The fourth-order valence-electron chi connectivity index (χ4n) is 0.618. The van der Waals surface area contributed by atoms with Crippen molar-refractivity contribution in [3.63, 3.8) is 0 Å². The van der Waals surface area contributed by atoms with E-state index in [1.165, 1.54) is 17.4 Å². The lowest BCUT2D eigenvalue weighted by Gasteiger charge is -1.87. The average molecular weight is 207 g/mol. The molecule has 1 nitrogen and oxygen atoms in total. The predicted molar refractivity (Wildman–Crippen MR) is 48.9 cm³/mol. The second-order valence-electron chi connectivity index (χ2n) is 1.81. The molecule has 4 heteroatoms. The smallest absolute Gasteiger partial charge is 0.187 e. The van der Waals surface area contributed by atoms with E-state index >= 15 is 0 Å². The Balaban J connectivity index is 3.12. The molecule has 0 fully saturated rings. The van der Waals surface area contributed by atoms with E-state index in [4.69, 9.17) is 23.2 Å². The summed E-state index contributed by atoms with van der Waals surface area (Å²) in [5, 5.41) is 0. The lowest BCUT2D eigenvalue weighted by atomic mass is 10.2.